The van der Waals surface area contributed by atoms with Crippen molar-refractivity contribution < 1.29 is 51.5 Å². The van der Waals surface area contributed by atoms with E-state index in [4.69, 9.17) is 35.0 Å². The Morgan fingerprint density at radius 2 is 0.533 bits per heavy atom. The van der Waals surface area contributed by atoms with Gasteiger partial charge in [0, 0.05) is 0 Å². The van der Waals surface area contributed by atoms with Crippen LogP contribution in [0.15, 0.2) is 0 Å². The van der Waals surface area contributed by atoms with Crippen molar-refractivity contribution in [2.75, 3.05) is 0 Å². The number of rotatable bonds is 0. The molecule has 15 heavy (non-hydrogen) atoms. The fraction of sp³-hybridized carbons (Fsp3) is 0. The van der Waals surface area contributed by atoms with Gasteiger partial charge in [-0.1, -0.05) is 0 Å². The van der Waals surface area contributed by atoms with Gasteiger partial charge in [0.25, 0.3) is 0 Å². The van der Waals surface area contributed by atoms with E-state index in [2.05, 4.69) is 0 Å². The predicted octanol–water partition coefficient (Wildman–Crippen LogP) is -2.42. The predicted molar refractivity (Wildman–Crippen MR) is 41.9 cm³/mol. The molecule has 11 nitrogen and oxygen atoms in total. The first kappa shape index (κ1) is 44.8. The Bertz CT molecular complexity index is 213. The Hall–Kier alpha value is 0.685. The average molecular weight is 298 g/mol. The third-order valence-electron chi connectivity index (χ3n) is 0. The summed E-state index contributed by atoms with van der Waals surface area (Å²) >= 11 is 0. The normalized spacial score (nSPS) is 7.73. The van der Waals surface area contributed by atoms with E-state index in [0.717, 1.165) is 0 Å². The molecule has 0 heterocycles. The third-order valence-corrected chi connectivity index (χ3v) is 0. The summed E-state index contributed by atoms with van der Waals surface area (Å²) in [5, 5.41) is 0. The van der Waals surface area contributed by atoms with Crippen molar-refractivity contribution in [2.45, 2.75) is 0 Å². The molecule has 0 aromatic heterocycles. The van der Waals surface area contributed by atoms with Gasteiger partial charge in [0.05, 0.1) is 0 Å². The summed E-state index contributed by atoms with van der Waals surface area (Å²) < 4.78 is 63.2. The topological polar surface area (TPSA) is 235 Å². The largest absolute Gasteiger partial charge is 3.00 e. The molecule has 0 saturated carbocycles. The summed E-state index contributed by atoms with van der Waals surface area (Å²) in [5.41, 5.74) is 0. The van der Waals surface area contributed by atoms with E-state index in [9.17, 15) is 0 Å². The van der Waals surface area contributed by atoms with Crippen molar-refractivity contribution in [3.05, 3.63) is 0 Å². The van der Waals surface area contributed by atoms with E-state index in [0.29, 0.717) is 0 Å². The fourth-order valence-electron chi connectivity index (χ4n) is 0. The molecule has 0 unspecified atom stereocenters. The second kappa shape index (κ2) is 17.1. The fourth-order valence-corrected chi connectivity index (χ4v) is 0. The summed E-state index contributed by atoms with van der Waals surface area (Å²) in [6, 6.07) is 0. The van der Waals surface area contributed by atoms with Crippen LogP contribution >= 0.6 is 0 Å². The molecule has 0 atom stereocenters. The van der Waals surface area contributed by atoms with Gasteiger partial charge >= 0.3 is 55.5 Å². The average Bonchev–Trinajstić information content (AvgIpc) is 1.12. The van der Waals surface area contributed by atoms with E-state index < -0.39 is 20.8 Å². The van der Waals surface area contributed by atoms with E-state index in [-0.39, 0.29) is 51.2 Å². The molecule has 0 aromatic carbocycles. The van der Waals surface area contributed by atoms with Gasteiger partial charge in [0.1, 0.15) is 0 Å². The summed E-state index contributed by atoms with van der Waals surface area (Å²) in [6.45, 7) is 0. The molecule has 15 heteroatoms. The van der Waals surface area contributed by atoms with Crippen LogP contribution in [-0.2, 0) is 37.2 Å². The van der Waals surface area contributed by atoms with Crippen molar-refractivity contribution in [1.29, 1.82) is 0 Å². The molecule has 0 spiro atoms. The van der Waals surface area contributed by atoms with Gasteiger partial charge in [0.15, 0.2) is 0 Å². The van der Waals surface area contributed by atoms with Gasteiger partial charge in [-0.2, -0.15) is 16.8 Å². The molecule has 0 bridgehead atoms. The van der Waals surface area contributed by atoms with Crippen LogP contribution in [0, 0.1) is 0 Å². The minimum atomic E-state index is -4.67. The monoisotopic (exact) mass is 298 g/mol. The maximum atomic E-state index is 8.74. The van der Waals surface area contributed by atoms with Crippen LogP contribution in [-0.4, -0.2) is 69.8 Å². The SMILES string of the molecule is O=S(=O)(O)O.O=S(=O)(O)O.[Al+3].[Al+3].[O-2].[O-2].[O-2]. The van der Waals surface area contributed by atoms with Gasteiger partial charge < -0.3 is 16.4 Å². The maximum absolute atomic E-state index is 8.74. The van der Waals surface area contributed by atoms with Gasteiger partial charge in [-0.25, -0.2) is 0 Å². The Morgan fingerprint density at radius 3 is 0.533 bits per heavy atom. The standard InChI is InChI=1S/2Al.2H2O4S.3O/c;;2*1-5(2,3)4;;;/h;;2*(H2,1,2,3,4);;;/q2*+3;;;3*-2. The van der Waals surface area contributed by atoms with Gasteiger partial charge in [-0.15, -0.1) is 0 Å². The molecular weight excluding hydrogens is 294 g/mol. The van der Waals surface area contributed by atoms with Crippen LogP contribution in [0.2, 0.25) is 0 Å². The second-order valence-corrected chi connectivity index (χ2v) is 2.69. The maximum Gasteiger partial charge on any atom is 3.00 e. The zero-order valence-corrected chi connectivity index (χ0v) is 10.6. The molecular formula is H4Al2O11S2. The first-order valence-corrected chi connectivity index (χ1v) is 4.19. The molecule has 0 rings (SSSR count). The van der Waals surface area contributed by atoms with Crippen molar-refractivity contribution in [3.63, 3.8) is 0 Å². The summed E-state index contributed by atoms with van der Waals surface area (Å²) in [4.78, 5) is 0. The van der Waals surface area contributed by atoms with Crippen LogP contribution < -0.4 is 0 Å². The minimum absolute atomic E-state index is 0. The van der Waals surface area contributed by atoms with Gasteiger partial charge in [0.2, 0.25) is 0 Å². The molecule has 4 N–H and O–H groups in total. The molecule has 88 valence electrons. The Labute approximate surface area is 107 Å². The van der Waals surface area contributed by atoms with E-state index in [1.165, 1.54) is 0 Å². The van der Waals surface area contributed by atoms with E-state index in [1.54, 1.807) is 0 Å². The zero-order chi connectivity index (χ0) is 9.00. The van der Waals surface area contributed by atoms with Gasteiger partial charge in [-0.3, -0.25) is 18.2 Å². The molecule has 0 amide bonds. The van der Waals surface area contributed by atoms with Gasteiger partial charge in [-0.05, 0) is 0 Å². The van der Waals surface area contributed by atoms with Crippen molar-refractivity contribution >= 4 is 55.5 Å². The van der Waals surface area contributed by atoms with Crippen LogP contribution in [0.4, 0.5) is 0 Å². The third kappa shape index (κ3) is 5040. The molecule has 0 aliphatic heterocycles. The minimum Gasteiger partial charge on any atom is -2.00 e. The molecule has 0 saturated heterocycles. The number of hydrogen-bond donors (Lipinski definition) is 4. The zero-order valence-electron chi connectivity index (χ0n) is 6.62. The van der Waals surface area contributed by atoms with Crippen molar-refractivity contribution in [3.8, 4) is 0 Å². The van der Waals surface area contributed by atoms with Crippen LogP contribution in [0.1, 0.15) is 0 Å². The molecule has 0 radical (unpaired) electrons. The van der Waals surface area contributed by atoms with Crippen LogP contribution in [0.5, 0.6) is 0 Å². The number of hydrogen-bond acceptors (Lipinski definition) is 4. The first-order valence-electron chi connectivity index (χ1n) is 1.40. The summed E-state index contributed by atoms with van der Waals surface area (Å²) in [6.07, 6.45) is 0. The van der Waals surface area contributed by atoms with Crippen molar-refractivity contribution in [2.24, 2.45) is 0 Å². The molecule has 0 aliphatic rings. The van der Waals surface area contributed by atoms with Crippen LogP contribution in [0.25, 0.3) is 0 Å². The second-order valence-electron chi connectivity index (χ2n) is 0.896. The Kier molecular flexibility index (Phi) is 51.1. The molecule has 0 aromatic rings. The summed E-state index contributed by atoms with van der Waals surface area (Å²) in [5.74, 6) is 0. The Morgan fingerprint density at radius 1 is 0.533 bits per heavy atom. The van der Waals surface area contributed by atoms with E-state index in [1.807, 2.05) is 0 Å². The molecule has 0 fully saturated rings. The van der Waals surface area contributed by atoms with E-state index >= 15 is 0 Å². The first-order chi connectivity index (χ1) is 4.00. The Balaban J connectivity index is -0.0000000128. The van der Waals surface area contributed by atoms with Crippen LogP contribution in [0.3, 0.4) is 0 Å². The smallest absolute Gasteiger partial charge is 2.00 e. The molecule has 0 aliphatic carbocycles. The summed E-state index contributed by atoms with van der Waals surface area (Å²) in [7, 11) is -9.33. The van der Waals surface area contributed by atoms with Crippen molar-refractivity contribution in [1.82, 2.24) is 0 Å². The quantitative estimate of drug-likeness (QED) is 0.276.